The summed E-state index contributed by atoms with van der Waals surface area (Å²) in [4.78, 5) is 32.0. The normalized spacial score (nSPS) is 14.6. The van der Waals surface area contributed by atoms with E-state index in [1.807, 2.05) is 35.2 Å². The van der Waals surface area contributed by atoms with E-state index in [0.717, 1.165) is 44.7 Å². The van der Waals surface area contributed by atoms with Gasteiger partial charge in [0.2, 0.25) is 5.91 Å². The molecule has 3 rings (SSSR count). The van der Waals surface area contributed by atoms with Crippen LogP contribution in [0.15, 0.2) is 47.8 Å². The van der Waals surface area contributed by atoms with Crippen LogP contribution >= 0.6 is 11.3 Å². The first-order chi connectivity index (χ1) is 14.1. The van der Waals surface area contributed by atoms with Crippen molar-refractivity contribution in [1.29, 1.82) is 0 Å². The molecule has 1 aliphatic heterocycles. The van der Waals surface area contributed by atoms with Gasteiger partial charge in [-0.3, -0.25) is 9.69 Å². The standard InChI is InChI=1S/C22H30N4O2S/c1-24(18-19-6-3-2-4-7-19)22(28)23-11-9-21(27)26-15-13-25(14-16-26)12-10-20-8-5-17-29-20/h2-8,17H,9-16,18H2,1H3,(H,23,28). The molecule has 2 heterocycles. The van der Waals surface area contributed by atoms with Crippen molar-refractivity contribution in [1.82, 2.24) is 20.0 Å². The molecule has 1 fully saturated rings. The first-order valence-corrected chi connectivity index (χ1v) is 11.0. The third-order valence-electron chi connectivity index (χ3n) is 5.20. The van der Waals surface area contributed by atoms with E-state index in [-0.39, 0.29) is 11.9 Å². The molecular weight excluding hydrogens is 384 g/mol. The smallest absolute Gasteiger partial charge is 0.317 e. The van der Waals surface area contributed by atoms with E-state index in [2.05, 4.69) is 27.7 Å². The Hall–Kier alpha value is -2.38. The summed E-state index contributed by atoms with van der Waals surface area (Å²) in [5.41, 5.74) is 1.08. The van der Waals surface area contributed by atoms with Crippen molar-refractivity contribution in [2.45, 2.75) is 19.4 Å². The third kappa shape index (κ3) is 6.87. The first kappa shape index (κ1) is 21.3. The van der Waals surface area contributed by atoms with E-state index in [4.69, 9.17) is 0 Å². The Kier molecular flexibility index (Phi) is 8.07. The molecular formula is C22H30N4O2S. The molecule has 7 heteroatoms. The van der Waals surface area contributed by atoms with Gasteiger partial charge in [0.1, 0.15) is 0 Å². The molecule has 0 spiro atoms. The summed E-state index contributed by atoms with van der Waals surface area (Å²) in [5, 5.41) is 4.96. The van der Waals surface area contributed by atoms with Gasteiger partial charge >= 0.3 is 6.03 Å². The topological polar surface area (TPSA) is 55.9 Å². The van der Waals surface area contributed by atoms with Crippen molar-refractivity contribution in [2.24, 2.45) is 0 Å². The van der Waals surface area contributed by atoms with E-state index in [9.17, 15) is 9.59 Å². The van der Waals surface area contributed by atoms with E-state index in [0.29, 0.717) is 19.5 Å². The van der Waals surface area contributed by atoms with Gasteiger partial charge in [-0.25, -0.2) is 4.79 Å². The summed E-state index contributed by atoms with van der Waals surface area (Å²) >= 11 is 1.80. The lowest BCUT2D eigenvalue weighted by Gasteiger charge is -2.34. The molecule has 0 saturated carbocycles. The van der Waals surface area contributed by atoms with Crippen LogP contribution in [0.2, 0.25) is 0 Å². The minimum Gasteiger partial charge on any atom is -0.340 e. The van der Waals surface area contributed by atoms with Crippen molar-refractivity contribution in [2.75, 3.05) is 46.3 Å². The Labute approximate surface area is 177 Å². The van der Waals surface area contributed by atoms with Crippen LogP contribution in [0.3, 0.4) is 0 Å². The van der Waals surface area contributed by atoms with Gasteiger partial charge < -0.3 is 15.1 Å². The summed E-state index contributed by atoms with van der Waals surface area (Å²) in [5.74, 6) is 0.119. The fourth-order valence-electron chi connectivity index (χ4n) is 3.44. The highest BCUT2D eigenvalue weighted by Gasteiger charge is 2.21. The molecule has 1 aliphatic rings. The quantitative estimate of drug-likeness (QED) is 0.723. The van der Waals surface area contributed by atoms with Gasteiger partial charge in [0, 0.05) is 64.2 Å². The zero-order valence-corrected chi connectivity index (χ0v) is 17.9. The maximum Gasteiger partial charge on any atom is 0.317 e. The van der Waals surface area contributed by atoms with Crippen molar-refractivity contribution < 1.29 is 9.59 Å². The Bertz CT molecular complexity index is 758. The van der Waals surface area contributed by atoms with Gasteiger partial charge in [-0.1, -0.05) is 36.4 Å². The molecule has 6 nitrogen and oxygen atoms in total. The minimum absolute atomic E-state index is 0.119. The van der Waals surface area contributed by atoms with E-state index >= 15 is 0 Å². The maximum absolute atomic E-state index is 12.4. The number of amides is 3. The second-order valence-electron chi connectivity index (χ2n) is 7.38. The average Bonchev–Trinajstić information content (AvgIpc) is 3.27. The lowest BCUT2D eigenvalue weighted by molar-refractivity contribution is -0.132. The highest BCUT2D eigenvalue weighted by Crippen LogP contribution is 2.11. The van der Waals surface area contributed by atoms with Crippen molar-refractivity contribution in [3.05, 3.63) is 58.3 Å². The predicted molar refractivity (Wildman–Crippen MR) is 117 cm³/mol. The van der Waals surface area contributed by atoms with E-state index in [1.165, 1.54) is 4.88 Å². The van der Waals surface area contributed by atoms with Crippen molar-refractivity contribution in [3.63, 3.8) is 0 Å². The number of benzene rings is 1. The molecule has 29 heavy (non-hydrogen) atoms. The number of carbonyl (C=O) groups excluding carboxylic acids is 2. The van der Waals surface area contributed by atoms with Crippen LogP contribution in [0.25, 0.3) is 0 Å². The number of rotatable bonds is 8. The van der Waals surface area contributed by atoms with Gasteiger partial charge in [-0.2, -0.15) is 0 Å². The minimum atomic E-state index is -0.153. The molecule has 156 valence electrons. The lowest BCUT2D eigenvalue weighted by Crippen LogP contribution is -2.49. The highest BCUT2D eigenvalue weighted by molar-refractivity contribution is 7.09. The monoisotopic (exact) mass is 414 g/mol. The van der Waals surface area contributed by atoms with Gasteiger partial charge in [0.15, 0.2) is 0 Å². The molecule has 0 bridgehead atoms. The van der Waals surface area contributed by atoms with Crippen LogP contribution in [0, 0.1) is 0 Å². The Morgan fingerprint density at radius 1 is 1.07 bits per heavy atom. The molecule has 1 aromatic carbocycles. The van der Waals surface area contributed by atoms with Crippen LogP contribution < -0.4 is 5.32 Å². The van der Waals surface area contributed by atoms with Crippen LogP contribution in [0.4, 0.5) is 4.79 Å². The molecule has 1 saturated heterocycles. The fraction of sp³-hybridized carbons (Fsp3) is 0.455. The Morgan fingerprint density at radius 3 is 2.52 bits per heavy atom. The van der Waals surface area contributed by atoms with E-state index < -0.39 is 0 Å². The number of nitrogens with one attached hydrogen (secondary N) is 1. The highest BCUT2D eigenvalue weighted by atomic mass is 32.1. The molecule has 0 radical (unpaired) electrons. The summed E-state index contributed by atoms with van der Waals surface area (Å²) in [6.45, 7) is 5.35. The number of piperazine rings is 1. The predicted octanol–water partition coefficient (Wildman–Crippen LogP) is 2.67. The van der Waals surface area contributed by atoms with Crippen molar-refractivity contribution in [3.8, 4) is 0 Å². The number of thiophene rings is 1. The maximum atomic E-state index is 12.4. The fourth-order valence-corrected chi connectivity index (χ4v) is 4.14. The summed E-state index contributed by atoms with van der Waals surface area (Å²) in [6.07, 6.45) is 1.42. The molecule has 0 unspecified atom stereocenters. The van der Waals surface area contributed by atoms with Gasteiger partial charge in [0.05, 0.1) is 0 Å². The average molecular weight is 415 g/mol. The second-order valence-corrected chi connectivity index (χ2v) is 8.41. The Morgan fingerprint density at radius 2 is 1.83 bits per heavy atom. The molecule has 0 aliphatic carbocycles. The number of hydrogen-bond donors (Lipinski definition) is 1. The molecule has 2 aromatic rings. The zero-order chi connectivity index (χ0) is 20.5. The van der Waals surface area contributed by atoms with Crippen molar-refractivity contribution >= 4 is 23.3 Å². The third-order valence-corrected chi connectivity index (χ3v) is 6.14. The molecule has 3 amide bonds. The summed E-state index contributed by atoms with van der Waals surface area (Å²) in [6, 6.07) is 14.0. The van der Waals surface area contributed by atoms with Gasteiger partial charge in [0.25, 0.3) is 0 Å². The SMILES string of the molecule is CN(Cc1ccccc1)C(=O)NCCC(=O)N1CCN(CCc2cccs2)CC1. The largest absolute Gasteiger partial charge is 0.340 e. The van der Waals surface area contributed by atoms with Crippen LogP contribution in [-0.2, 0) is 17.8 Å². The number of nitrogens with zero attached hydrogens (tertiary/aromatic N) is 3. The molecule has 1 N–H and O–H groups in total. The zero-order valence-electron chi connectivity index (χ0n) is 17.0. The van der Waals surface area contributed by atoms with Gasteiger partial charge in [-0.05, 0) is 23.4 Å². The van der Waals surface area contributed by atoms with Gasteiger partial charge in [-0.15, -0.1) is 11.3 Å². The number of urea groups is 1. The Balaban J connectivity index is 1.30. The second kappa shape index (κ2) is 11.0. The molecule has 1 aromatic heterocycles. The van der Waals surface area contributed by atoms with Crippen LogP contribution in [-0.4, -0.2) is 73.0 Å². The summed E-state index contributed by atoms with van der Waals surface area (Å²) in [7, 11) is 1.76. The van der Waals surface area contributed by atoms with E-state index in [1.54, 1.807) is 23.3 Å². The molecule has 0 atom stereocenters. The van der Waals surface area contributed by atoms with Crippen LogP contribution in [0.1, 0.15) is 16.9 Å². The number of carbonyl (C=O) groups is 2. The van der Waals surface area contributed by atoms with Crippen LogP contribution in [0.5, 0.6) is 0 Å². The number of hydrogen-bond acceptors (Lipinski definition) is 4. The lowest BCUT2D eigenvalue weighted by atomic mass is 10.2. The first-order valence-electron chi connectivity index (χ1n) is 10.2. The summed E-state index contributed by atoms with van der Waals surface area (Å²) < 4.78 is 0.